The van der Waals surface area contributed by atoms with Gasteiger partial charge in [-0.05, 0) is 44.7 Å². The van der Waals surface area contributed by atoms with E-state index in [-0.39, 0.29) is 16.5 Å². The van der Waals surface area contributed by atoms with Crippen molar-refractivity contribution in [1.29, 1.82) is 0 Å². The molecule has 0 unspecified atom stereocenters. The van der Waals surface area contributed by atoms with Crippen LogP contribution in [-0.4, -0.2) is 50.4 Å². The van der Waals surface area contributed by atoms with Gasteiger partial charge >= 0.3 is 5.69 Å². The predicted molar refractivity (Wildman–Crippen MR) is 112 cm³/mol. The quantitative estimate of drug-likeness (QED) is 0.639. The van der Waals surface area contributed by atoms with Crippen LogP contribution in [0.2, 0.25) is 0 Å². The van der Waals surface area contributed by atoms with Crippen LogP contribution in [0.25, 0.3) is 5.69 Å². The second kappa shape index (κ2) is 8.04. The molecule has 31 heavy (non-hydrogen) atoms. The highest BCUT2D eigenvalue weighted by Gasteiger charge is 2.34. The molecule has 0 bridgehead atoms. The third-order valence-corrected chi connectivity index (χ3v) is 8.07. The fraction of sp³-hybridized carbons (Fsp3) is 0.450. The van der Waals surface area contributed by atoms with Crippen LogP contribution in [0.1, 0.15) is 30.1 Å². The van der Waals surface area contributed by atoms with Crippen molar-refractivity contribution in [3.63, 3.8) is 0 Å². The topological polar surface area (TPSA) is 106 Å². The minimum Gasteiger partial charge on any atom is -0.271 e. The second-order valence-corrected chi connectivity index (χ2v) is 9.78. The summed E-state index contributed by atoms with van der Waals surface area (Å²) in [6.07, 6.45) is 1.69. The Bertz CT molecular complexity index is 1270. The summed E-state index contributed by atoms with van der Waals surface area (Å²) in [7, 11) is -1.90. The lowest BCUT2D eigenvalue weighted by molar-refractivity contribution is 0.269. The zero-order valence-electron chi connectivity index (χ0n) is 17.7. The zero-order valence-corrected chi connectivity index (χ0v) is 18.5. The Morgan fingerprint density at radius 1 is 1.19 bits per heavy atom. The highest BCUT2D eigenvalue weighted by molar-refractivity contribution is 7.89. The van der Waals surface area contributed by atoms with Gasteiger partial charge in [-0.2, -0.15) is 14.5 Å². The number of aromatic nitrogens is 5. The number of hydrogen-bond donors (Lipinski definition) is 1. The standard InChI is InChI=1S/C20H25FN6O3S/c1-13-19(14(2)25(3)24-13)31(29,30)26-10-8-15(9-11-26)12-18-22-23-20(28)27(18)17-7-5-4-6-16(17)21/h4-7,15H,8-12H2,1-3H3,(H,23,28). The smallest absolute Gasteiger partial charge is 0.271 e. The Hall–Kier alpha value is -2.79. The monoisotopic (exact) mass is 448 g/mol. The highest BCUT2D eigenvalue weighted by Crippen LogP contribution is 2.29. The molecule has 1 aliphatic heterocycles. The number of rotatable bonds is 5. The van der Waals surface area contributed by atoms with Gasteiger partial charge in [0.25, 0.3) is 0 Å². The molecule has 0 saturated carbocycles. The summed E-state index contributed by atoms with van der Waals surface area (Å²) in [5.41, 5.74) is 0.763. The van der Waals surface area contributed by atoms with Gasteiger partial charge in [0.05, 0.1) is 17.1 Å². The third kappa shape index (κ3) is 3.83. The van der Waals surface area contributed by atoms with Gasteiger partial charge in [-0.3, -0.25) is 4.68 Å². The minimum absolute atomic E-state index is 0.128. The number of nitrogens with one attached hydrogen (secondary N) is 1. The first-order valence-corrected chi connectivity index (χ1v) is 11.6. The van der Waals surface area contributed by atoms with Crippen molar-refractivity contribution in [2.45, 2.75) is 38.0 Å². The first-order valence-electron chi connectivity index (χ1n) is 10.1. The number of benzene rings is 1. The molecule has 1 aliphatic rings. The molecule has 166 valence electrons. The van der Waals surface area contributed by atoms with Crippen LogP contribution in [0.15, 0.2) is 34.0 Å². The number of nitrogens with zero attached hydrogens (tertiary/aromatic N) is 5. The molecule has 4 rings (SSSR count). The molecule has 9 nitrogen and oxygen atoms in total. The summed E-state index contributed by atoms with van der Waals surface area (Å²) in [4.78, 5) is 12.5. The molecule has 3 heterocycles. The van der Waals surface area contributed by atoms with Crippen LogP contribution in [0.3, 0.4) is 0 Å². The number of para-hydroxylation sites is 1. The molecule has 3 aromatic rings. The lowest BCUT2D eigenvalue weighted by Gasteiger charge is -2.31. The summed E-state index contributed by atoms with van der Waals surface area (Å²) in [6, 6.07) is 6.05. The fourth-order valence-corrected chi connectivity index (χ4v) is 6.09. The van der Waals surface area contributed by atoms with Gasteiger partial charge in [0.2, 0.25) is 10.0 Å². The Morgan fingerprint density at radius 2 is 1.87 bits per heavy atom. The van der Waals surface area contributed by atoms with E-state index in [1.807, 2.05) is 0 Å². The number of sulfonamides is 1. The SMILES string of the molecule is Cc1nn(C)c(C)c1S(=O)(=O)N1CCC(Cc2n[nH]c(=O)n2-c2ccccc2F)CC1. The normalized spacial score (nSPS) is 16.1. The lowest BCUT2D eigenvalue weighted by atomic mass is 9.94. The molecule has 0 spiro atoms. The summed E-state index contributed by atoms with van der Waals surface area (Å²) in [5, 5.41) is 10.7. The number of piperidine rings is 1. The van der Waals surface area contributed by atoms with Crippen molar-refractivity contribution >= 4 is 10.0 Å². The molecule has 0 amide bonds. The van der Waals surface area contributed by atoms with Gasteiger partial charge in [0, 0.05) is 26.6 Å². The van der Waals surface area contributed by atoms with E-state index < -0.39 is 21.5 Å². The molecule has 0 radical (unpaired) electrons. The molecule has 2 aromatic heterocycles. The fourth-order valence-electron chi connectivity index (χ4n) is 4.22. The van der Waals surface area contributed by atoms with E-state index in [1.54, 1.807) is 37.7 Å². The first-order chi connectivity index (χ1) is 14.7. The van der Waals surface area contributed by atoms with Crippen LogP contribution < -0.4 is 5.69 Å². The second-order valence-electron chi connectivity index (χ2n) is 7.91. The number of halogens is 1. The van der Waals surface area contributed by atoms with E-state index in [0.29, 0.717) is 49.6 Å². The first kappa shape index (κ1) is 21.4. The molecular weight excluding hydrogens is 423 g/mol. The van der Waals surface area contributed by atoms with Crippen LogP contribution in [-0.2, 0) is 23.5 Å². The summed E-state index contributed by atoms with van der Waals surface area (Å²) in [6.45, 7) is 4.19. The van der Waals surface area contributed by atoms with Crippen molar-refractivity contribution in [1.82, 2.24) is 28.9 Å². The Morgan fingerprint density at radius 3 is 2.48 bits per heavy atom. The minimum atomic E-state index is -3.63. The van der Waals surface area contributed by atoms with Gasteiger partial charge < -0.3 is 0 Å². The highest BCUT2D eigenvalue weighted by atomic mass is 32.2. The number of aryl methyl sites for hydroxylation is 2. The number of H-pyrrole nitrogens is 1. The van der Waals surface area contributed by atoms with Crippen molar-refractivity contribution in [3.8, 4) is 5.69 Å². The maximum Gasteiger partial charge on any atom is 0.348 e. The molecular formula is C20H25FN6O3S. The van der Waals surface area contributed by atoms with Gasteiger partial charge in [-0.1, -0.05) is 12.1 Å². The van der Waals surface area contributed by atoms with Gasteiger partial charge in [0.1, 0.15) is 16.5 Å². The molecule has 0 aliphatic carbocycles. The van der Waals surface area contributed by atoms with Crippen LogP contribution in [0.4, 0.5) is 4.39 Å². The Kier molecular flexibility index (Phi) is 5.56. The zero-order chi connectivity index (χ0) is 22.3. The van der Waals surface area contributed by atoms with Crippen molar-refractivity contribution in [2.75, 3.05) is 13.1 Å². The van der Waals surface area contributed by atoms with Gasteiger partial charge in [-0.25, -0.2) is 27.3 Å². The molecule has 1 aromatic carbocycles. The summed E-state index contributed by atoms with van der Waals surface area (Å²) >= 11 is 0. The van der Waals surface area contributed by atoms with Crippen LogP contribution in [0.5, 0.6) is 0 Å². The average Bonchev–Trinajstić information content (AvgIpc) is 3.21. The van der Waals surface area contributed by atoms with E-state index in [0.717, 1.165) is 0 Å². The third-order valence-electron chi connectivity index (χ3n) is 5.92. The Balaban J connectivity index is 1.50. The molecule has 1 N–H and O–H groups in total. The Labute approximate surface area is 179 Å². The van der Waals surface area contributed by atoms with Crippen molar-refractivity contribution in [2.24, 2.45) is 13.0 Å². The molecule has 11 heteroatoms. The molecule has 1 fully saturated rings. The van der Waals surface area contributed by atoms with E-state index in [2.05, 4.69) is 15.3 Å². The molecule has 1 saturated heterocycles. The number of aromatic amines is 1. The van der Waals surface area contributed by atoms with Crippen LogP contribution >= 0.6 is 0 Å². The van der Waals surface area contributed by atoms with E-state index in [9.17, 15) is 17.6 Å². The maximum atomic E-state index is 14.2. The largest absolute Gasteiger partial charge is 0.348 e. The van der Waals surface area contributed by atoms with Gasteiger partial charge in [-0.15, -0.1) is 0 Å². The lowest BCUT2D eigenvalue weighted by Crippen LogP contribution is -2.39. The molecule has 0 atom stereocenters. The maximum absolute atomic E-state index is 14.2. The summed E-state index contributed by atoms with van der Waals surface area (Å²) < 4.78 is 44.9. The van der Waals surface area contributed by atoms with Gasteiger partial charge in [0.15, 0.2) is 0 Å². The van der Waals surface area contributed by atoms with E-state index >= 15 is 0 Å². The van der Waals surface area contributed by atoms with Crippen molar-refractivity contribution in [3.05, 3.63) is 57.8 Å². The predicted octanol–water partition coefficient (Wildman–Crippen LogP) is 1.69. The van der Waals surface area contributed by atoms with Crippen LogP contribution in [0, 0.1) is 25.6 Å². The van der Waals surface area contributed by atoms with Crippen molar-refractivity contribution < 1.29 is 12.8 Å². The van der Waals surface area contributed by atoms with E-state index in [4.69, 9.17) is 0 Å². The average molecular weight is 449 g/mol. The summed E-state index contributed by atoms with van der Waals surface area (Å²) in [5.74, 6) is 0.0639. The van der Waals surface area contributed by atoms with E-state index in [1.165, 1.54) is 21.0 Å². The number of hydrogen-bond acceptors (Lipinski definition) is 5.